The number of rotatable bonds is 0. The van der Waals surface area contributed by atoms with E-state index in [4.69, 9.17) is 0 Å². The van der Waals surface area contributed by atoms with Crippen molar-refractivity contribution in [3.8, 4) is 0 Å². The minimum absolute atomic E-state index is 0.0667. The summed E-state index contributed by atoms with van der Waals surface area (Å²) in [4.78, 5) is 42.4. The van der Waals surface area contributed by atoms with E-state index < -0.39 is 0 Å². The highest BCUT2D eigenvalue weighted by Gasteiger charge is 2.32. The third-order valence-corrected chi connectivity index (χ3v) is 9.78. The molecular weight excluding hydrogens is 508 g/mol. The van der Waals surface area contributed by atoms with Gasteiger partial charge in [-0.2, -0.15) is 0 Å². The molecule has 5 heteroatoms. The van der Waals surface area contributed by atoms with Crippen molar-refractivity contribution in [1.82, 2.24) is 9.80 Å². The Kier molecular flexibility index (Phi) is 3.52. The molecule has 2 aliphatic rings. The molecule has 41 heavy (non-hydrogen) atoms. The third kappa shape index (κ3) is 2.24. The van der Waals surface area contributed by atoms with Crippen LogP contribution in [0, 0.1) is 0 Å². The third-order valence-electron chi connectivity index (χ3n) is 9.78. The summed E-state index contributed by atoms with van der Waals surface area (Å²) < 4.78 is 0. The summed E-state index contributed by atoms with van der Waals surface area (Å²) in [6.45, 7) is 0.609. The second kappa shape index (κ2) is 6.70. The molecule has 0 aliphatic carbocycles. The van der Waals surface area contributed by atoms with Gasteiger partial charge in [0.25, 0.3) is 17.7 Å². The van der Waals surface area contributed by atoms with Gasteiger partial charge in [-0.25, -0.2) is 0 Å². The highest BCUT2D eigenvalue weighted by molar-refractivity contribution is 6.44. The average molecular weight is 529 g/mol. The van der Waals surface area contributed by atoms with E-state index in [1.807, 2.05) is 37.4 Å². The van der Waals surface area contributed by atoms with E-state index in [-0.39, 0.29) is 17.7 Å². The molecule has 2 aliphatic heterocycles. The molecule has 2 heterocycles. The van der Waals surface area contributed by atoms with Crippen molar-refractivity contribution in [2.75, 3.05) is 14.1 Å². The van der Waals surface area contributed by atoms with Gasteiger partial charge in [0.05, 0.1) is 0 Å². The number of amides is 3. The topological polar surface area (TPSA) is 57.7 Å². The largest absolute Gasteiger partial charge is 0.337 e. The van der Waals surface area contributed by atoms with E-state index in [0.717, 1.165) is 59.4 Å². The molecule has 5 nitrogen and oxygen atoms in total. The number of fused-ring (bicyclic) bond motifs is 4. The lowest BCUT2D eigenvalue weighted by molar-refractivity contribution is 0.0650. The molecule has 0 fully saturated rings. The summed E-state index contributed by atoms with van der Waals surface area (Å²) in [5.74, 6) is -0.455. The van der Waals surface area contributed by atoms with Crippen molar-refractivity contribution in [1.29, 1.82) is 0 Å². The number of imide groups is 1. The highest BCUT2D eigenvalue weighted by Crippen LogP contribution is 2.49. The minimum atomic E-state index is -0.261. The van der Waals surface area contributed by atoms with Crippen molar-refractivity contribution in [3.63, 3.8) is 0 Å². The van der Waals surface area contributed by atoms with E-state index >= 15 is 0 Å². The van der Waals surface area contributed by atoms with Crippen LogP contribution in [0.3, 0.4) is 0 Å². The number of nitrogens with zero attached hydrogens (tertiary/aromatic N) is 2. The Bertz CT molecular complexity index is 2480. The van der Waals surface area contributed by atoms with Gasteiger partial charge in [0.15, 0.2) is 0 Å². The zero-order chi connectivity index (χ0) is 27.5. The molecule has 3 amide bonds. The lowest BCUT2D eigenvalue weighted by atomic mass is 9.81. The van der Waals surface area contributed by atoms with Crippen molar-refractivity contribution < 1.29 is 14.4 Å². The van der Waals surface area contributed by atoms with E-state index in [2.05, 4.69) is 42.5 Å². The van der Waals surface area contributed by atoms with Crippen LogP contribution < -0.4 is 0 Å². The average Bonchev–Trinajstić information content (AvgIpc) is 3.00. The molecule has 0 spiro atoms. The van der Waals surface area contributed by atoms with Crippen LogP contribution in [0.2, 0.25) is 0 Å². The van der Waals surface area contributed by atoms with Gasteiger partial charge in [-0.1, -0.05) is 54.6 Å². The first-order chi connectivity index (χ1) is 19.9. The van der Waals surface area contributed by atoms with Crippen molar-refractivity contribution in [2.24, 2.45) is 0 Å². The van der Waals surface area contributed by atoms with Crippen molar-refractivity contribution in [2.45, 2.75) is 6.54 Å². The van der Waals surface area contributed by atoms with E-state index in [9.17, 15) is 14.4 Å². The zero-order valence-electron chi connectivity index (χ0n) is 22.3. The molecule has 0 aromatic heterocycles. The zero-order valence-corrected chi connectivity index (χ0v) is 22.3. The van der Waals surface area contributed by atoms with Crippen LogP contribution in [-0.2, 0) is 6.54 Å². The first kappa shape index (κ1) is 21.5. The Morgan fingerprint density at radius 1 is 0.415 bits per heavy atom. The second-order valence-corrected chi connectivity index (χ2v) is 11.7. The Morgan fingerprint density at radius 3 is 1.22 bits per heavy atom. The Labute approximate surface area is 232 Å². The SMILES string of the molecule is CN1Cc2ccc3c4ccc5c6ccc7c8c(ccc(c9ccc(c%10ccc(c2c3%10)C1=O)c4c59)c86)C(=O)N(C)C7=O. The van der Waals surface area contributed by atoms with Crippen molar-refractivity contribution in [3.05, 3.63) is 95.1 Å². The Balaban J connectivity index is 1.44. The molecule has 8 aromatic rings. The summed E-state index contributed by atoms with van der Waals surface area (Å²) in [6, 6.07) is 25.1. The Morgan fingerprint density at radius 2 is 0.756 bits per heavy atom. The van der Waals surface area contributed by atoms with Gasteiger partial charge in [-0.05, 0) is 88.4 Å². The monoisotopic (exact) mass is 528 g/mol. The van der Waals surface area contributed by atoms with E-state index in [0.29, 0.717) is 17.7 Å². The molecule has 0 radical (unpaired) electrons. The summed E-state index contributed by atoms with van der Waals surface area (Å²) in [7, 11) is 3.41. The maximum Gasteiger partial charge on any atom is 0.261 e. The fraction of sp³-hybridized carbons (Fsp3) is 0.0833. The first-order valence-corrected chi connectivity index (χ1v) is 13.8. The number of hydrogen-bond acceptors (Lipinski definition) is 3. The van der Waals surface area contributed by atoms with Gasteiger partial charge in [0, 0.05) is 48.1 Å². The fourth-order valence-corrected chi connectivity index (χ4v) is 8.01. The maximum absolute atomic E-state index is 13.1. The number of carbonyl (C=O) groups excluding carboxylic acids is 3. The van der Waals surface area contributed by atoms with Gasteiger partial charge in [0.1, 0.15) is 0 Å². The highest BCUT2D eigenvalue weighted by atomic mass is 16.2. The fourth-order valence-electron chi connectivity index (χ4n) is 8.01. The van der Waals surface area contributed by atoms with Gasteiger partial charge >= 0.3 is 0 Å². The minimum Gasteiger partial charge on any atom is -0.337 e. The van der Waals surface area contributed by atoms with Gasteiger partial charge < -0.3 is 4.90 Å². The molecule has 192 valence electrons. The Hall–Kier alpha value is -5.29. The van der Waals surface area contributed by atoms with Crippen molar-refractivity contribution >= 4 is 93.1 Å². The molecule has 10 rings (SSSR count). The lowest BCUT2D eigenvalue weighted by Crippen LogP contribution is -2.36. The number of carbonyl (C=O) groups is 3. The smallest absolute Gasteiger partial charge is 0.261 e. The van der Waals surface area contributed by atoms with E-state index in [1.54, 1.807) is 11.9 Å². The molecule has 0 unspecified atom stereocenters. The van der Waals surface area contributed by atoms with Gasteiger partial charge in [0.2, 0.25) is 0 Å². The van der Waals surface area contributed by atoms with E-state index in [1.165, 1.54) is 32.0 Å². The van der Waals surface area contributed by atoms with Gasteiger partial charge in [-0.15, -0.1) is 0 Å². The molecular formula is C36H20N2O3. The molecule has 8 aromatic carbocycles. The molecule has 0 saturated heterocycles. The second-order valence-electron chi connectivity index (χ2n) is 11.7. The summed E-state index contributed by atoms with van der Waals surface area (Å²) >= 11 is 0. The summed E-state index contributed by atoms with van der Waals surface area (Å²) in [5, 5.41) is 15.3. The predicted molar refractivity (Wildman–Crippen MR) is 164 cm³/mol. The van der Waals surface area contributed by atoms with Crippen LogP contribution in [0.4, 0.5) is 0 Å². The van der Waals surface area contributed by atoms with Crippen LogP contribution in [-0.4, -0.2) is 41.6 Å². The molecule has 0 bridgehead atoms. The van der Waals surface area contributed by atoms with Gasteiger partial charge in [-0.3, -0.25) is 19.3 Å². The van der Waals surface area contributed by atoms with Crippen LogP contribution in [0.15, 0.2) is 72.8 Å². The molecule has 0 atom stereocenters. The summed E-state index contributed by atoms with van der Waals surface area (Å²) in [6.07, 6.45) is 0. The normalized spacial score (nSPS) is 15.5. The van der Waals surface area contributed by atoms with Crippen LogP contribution in [0.5, 0.6) is 0 Å². The predicted octanol–water partition coefficient (Wildman–Crippen LogP) is 7.45. The van der Waals surface area contributed by atoms with Crippen LogP contribution >= 0.6 is 0 Å². The quantitative estimate of drug-likeness (QED) is 0.117. The standard InChI is InChI=1S/C36H20N2O3/c1-37-15-16-3-4-17-19-5-7-21-23-10-13-26-33-27(36(41)38(2)35(26)40)14-11-24(32(23)33)22-8-6-20(30(19)31(21)22)18-9-12-25(34(37)39)28(16)29(17)18/h3-14H,15H2,1-2H3. The summed E-state index contributed by atoms with van der Waals surface area (Å²) in [5.41, 5.74) is 3.10. The maximum atomic E-state index is 13.1. The number of hydrogen-bond donors (Lipinski definition) is 0. The lowest BCUT2D eigenvalue weighted by Gasteiger charge is -2.28. The molecule has 0 N–H and O–H groups in total. The van der Waals surface area contributed by atoms with Crippen LogP contribution in [0.25, 0.3) is 75.4 Å². The molecule has 0 saturated carbocycles. The van der Waals surface area contributed by atoms with Crippen LogP contribution in [0.1, 0.15) is 36.6 Å². The first-order valence-electron chi connectivity index (χ1n) is 13.8. The number of benzene rings is 8.